The van der Waals surface area contributed by atoms with Gasteiger partial charge in [-0.3, -0.25) is 14.8 Å². The third kappa shape index (κ3) is 2.49. The number of aromatic nitrogens is 1. The molecule has 26 heavy (non-hydrogen) atoms. The molecule has 0 radical (unpaired) electrons. The number of piperidine rings is 3. The zero-order chi connectivity index (χ0) is 17.7. The summed E-state index contributed by atoms with van der Waals surface area (Å²) < 4.78 is 11.2. The summed E-state index contributed by atoms with van der Waals surface area (Å²) in [5.74, 6) is 1.22. The molecule has 0 aromatic carbocycles. The molecule has 1 amide bonds. The highest BCUT2D eigenvalue weighted by molar-refractivity contribution is 7.19. The molecule has 4 aliphatic heterocycles. The standard InChI is InChI=1S/C19H21N3O3S/c1-24-15-8-13(9-20-10-15)16-2-3-17(26-16)22-12-19(25-18(22)23)11-21-6-4-14(19)5-7-21/h2-3,8-10,14H,4-7,11-12H2,1H3. The van der Waals surface area contributed by atoms with Crippen LogP contribution in [-0.4, -0.2) is 54.9 Å². The Labute approximate surface area is 156 Å². The summed E-state index contributed by atoms with van der Waals surface area (Å²) in [5.41, 5.74) is 0.667. The molecule has 4 fully saturated rings. The van der Waals surface area contributed by atoms with Crippen molar-refractivity contribution in [1.29, 1.82) is 0 Å². The lowest BCUT2D eigenvalue weighted by Crippen LogP contribution is -2.61. The Morgan fingerprint density at radius 3 is 2.85 bits per heavy atom. The summed E-state index contributed by atoms with van der Waals surface area (Å²) in [4.78, 5) is 22.2. The summed E-state index contributed by atoms with van der Waals surface area (Å²) in [6.45, 7) is 3.80. The van der Waals surface area contributed by atoms with Crippen molar-refractivity contribution in [2.24, 2.45) is 5.92 Å². The average Bonchev–Trinajstić information content (AvgIpc) is 3.28. The molecular formula is C19H21N3O3S. The first-order valence-electron chi connectivity index (χ1n) is 8.99. The fourth-order valence-corrected chi connectivity index (χ4v) is 5.45. The van der Waals surface area contributed by atoms with Crippen LogP contribution in [0.5, 0.6) is 5.75 Å². The third-order valence-electron chi connectivity index (χ3n) is 5.85. The van der Waals surface area contributed by atoms with E-state index in [9.17, 15) is 4.79 Å². The Hall–Kier alpha value is -2.12. The Kier molecular flexibility index (Phi) is 3.68. The second-order valence-electron chi connectivity index (χ2n) is 7.32. The summed E-state index contributed by atoms with van der Waals surface area (Å²) in [5, 5.41) is 0.932. The van der Waals surface area contributed by atoms with E-state index < -0.39 is 0 Å². The van der Waals surface area contributed by atoms with Crippen molar-refractivity contribution in [1.82, 2.24) is 9.88 Å². The summed E-state index contributed by atoms with van der Waals surface area (Å²) in [7, 11) is 1.63. The van der Waals surface area contributed by atoms with Crippen molar-refractivity contribution in [2.45, 2.75) is 18.4 Å². The van der Waals surface area contributed by atoms with Crippen LogP contribution in [0.4, 0.5) is 9.80 Å². The number of carbonyl (C=O) groups excluding carboxylic acids is 1. The van der Waals surface area contributed by atoms with Gasteiger partial charge >= 0.3 is 6.09 Å². The molecule has 4 saturated heterocycles. The molecule has 7 heteroatoms. The smallest absolute Gasteiger partial charge is 0.415 e. The van der Waals surface area contributed by atoms with Gasteiger partial charge in [0.2, 0.25) is 0 Å². The van der Waals surface area contributed by atoms with Crippen molar-refractivity contribution in [3.8, 4) is 16.2 Å². The molecule has 1 spiro atoms. The number of hydrogen-bond donors (Lipinski definition) is 0. The van der Waals surface area contributed by atoms with Gasteiger partial charge in [0.25, 0.3) is 0 Å². The van der Waals surface area contributed by atoms with E-state index in [2.05, 4.69) is 9.88 Å². The van der Waals surface area contributed by atoms with Gasteiger partial charge in [0.15, 0.2) is 0 Å². The van der Waals surface area contributed by atoms with E-state index in [-0.39, 0.29) is 11.7 Å². The summed E-state index contributed by atoms with van der Waals surface area (Å²) >= 11 is 1.59. The normalized spacial score (nSPS) is 30.0. The Morgan fingerprint density at radius 2 is 2.12 bits per heavy atom. The van der Waals surface area contributed by atoms with Gasteiger partial charge in [-0.05, 0) is 44.1 Å². The van der Waals surface area contributed by atoms with Crippen LogP contribution in [0.1, 0.15) is 12.8 Å². The second kappa shape index (κ2) is 5.96. The van der Waals surface area contributed by atoms with Crippen LogP contribution in [0.25, 0.3) is 10.4 Å². The number of ether oxygens (including phenoxy) is 2. The molecule has 1 unspecified atom stereocenters. The third-order valence-corrected chi connectivity index (χ3v) is 7.01. The van der Waals surface area contributed by atoms with Crippen molar-refractivity contribution in [3.63, 3.8) is 0 Å². The van der Waals surface area contributed by atoms with Crippen LogP contribution in [0.3, 0.4) is 0 Å². The van der Waals surface area contributed by atoms with E-state index >= 15 is 0 Å². The van der Waals surface area contributed by atoms with Gasteiger partial charge in [0.1, 0.15) is 16.4 Å². The number of amides is 1. The molecule has 0 aliphatic carbocycles. The predicted octanol–water partition coefficient (Wildman–Crippen LogP) is 3.24. The highest BCUT2D eigenvalue weighted by Gasteiger charge is 2.55. The van der Waals surface area contributed by atoms with E-state index in [1.165, 1.54) is 0 Å². The fourth-order valence-electron chi connectivity index (χ4n) is 4.47. The van der Waals surface area contributed by atoms with E-state index in [4.69, 9.17) is 9.47 Å². The van der Waals surface area contributed by atoms with Gasteiger partial charge in [-0.1, -0.05) is 0 Å². The lowest BCUT2D eigenvalue weighted by Gasteiger charge is -2.49. The Balaban J connectivity index is 1.41. The largest absolute Gasteiger partial charge is 0.495 e. The summed E-state index contributed by atoms with van der Waals surface area (Å²) in [6, 6.07) is 5.99. The number of anilines is 1. The SMILES string of the molecule is COc1cncc(-c2ccc(N3CC4(CN5CCC4CC5)OC3=O)s2)c1. The predicted molar refractivity (Wildman–Crippen MR) is 99.8 cm³/mol. The van der Waals surface area contributed by atoms with E-state index in [1.54, 1.807) is 24.6 Å². The van der Waals surface area contributed by atoms with E-state index in [1.807, 2.05) is 29.3 Å². The number of carbonyl (C=O) groups is 1. The first-order valence-corrected chi connectivity index (χ1v) is 9.81. The molecule has 4 aliphatic rings. The molecule has 136 valence electrons. The van der Waals surface area contributed by atoms with Gasteiger partial charge in [-0.2, -0.15) is 0 Å². The van der Waals surface area contributed by atoms with Gasteiger partial charge in [-0.25, -0.2) is 4.79 Å². The number of fused-ring (bicyclic) bond motifs is 2. The minimum Gasteiger partial charge on any atom is -0.495 e. The highest BCUT2D eigenvalue weighted by atomic mass is 32.1. The van der Waals surface area contributed by atoms with Gasteiger partial charge < -0.3 is 9.47 Å². The molecule has 0 saturated carbocycles. The first kappa shape index (κ1) is 16.1. The van der Waals surface area contributed by atoms with Crippen molar-refractivity contribution in [3.05, 3.63) is 30.6 Å². The Bertz CT molecular complexity index is 846. The second-order valence-corrected chi connectivity index (χ2v) is 8.38. The quantitative estimate of drug-likeness (QED) is 0.829. The maximum absolute atomic E-state index is 12.6. The first-order chi connectivity index (χ1) is 12.7. The molecule has 2 bridgehead atoms. The number of thiophene rings is 1. The molecule has 6 rings (SSSR count). The summed E-state index contributed by atoms with van der Waals surface area (Å²) in [6.07, 6.45) is 5.55. The minimum absolute atomic E-state index is 0.212. The van der Waals surface area contributed by atoms with Crippen LogP contribution in [0, 0.1) is 5.92 Å². The number of pyridine rings is 1. The zero-order valence-electron chi connectivity index (χ0n) is 14.7. The zero-order valence-corrected chi connectivity index (χ0v) is 15.5. The maximum atomic E-state index is 12.6. The number of hydrogen-bond acceptors (Lipinski definition) is 6. The monoisotopic (exact) mass is 371 g/mol. The molecule has 6 nitrogen and oxygen atoms in total. The molecule has 2 aromatic heterocycles. The van der Waals surface area contributed by atoms with Gasteiger partial charge in [0, 0.05) is 29.1 Å². The van der Waals surface area contributed by atoms with E-state index in [0.29, 0.717) is 12.5 Å². The van der Waals surface area contributed by atoms with Crippen LogP contribution < -0.4 is 9.64 Å². The molecule has 0 N–H and O–H groups in total. The number of rotatable bonds is 3. The fraction of sp³-hybridized carbons (Fsp3) is 0.474. The molecule has 1 atom stereocenters. The van der Waals surface area contributed by atoms with Crippen molar-refractivity contribution >= 4 is 22.4 Å². The van der Waals surface area contributed by atoms with Crippen molar-refractivity contribution in [2.75, 3.05) is 38.2 Å². The lowest BCUT2D eigenvalue weighted by atomic mass is 9.75. The minimum atomic E-state index is -0.324. The molecular weight excluding hydrogens is 350 g/mol. The van der Waals surface area contributed by atoms with Crippen LogP contribution in [-0.2, 0) is 4.74 Å². The highest BCUT2D eigenvalue weighted by Crippen LogP contribution is 2.45. The molecule has 2 aromatic rings. The van der Waals surface area contributed by atoms with Gasteiger partial charge in [-0.15, -0.1) is 11.3 Å². The number of nitrogens with zero attached hydrogens (tertiary/aromatic N) is 3. The lowest BCUT2D eigenvalue weighted by molar-refractivity contribution is -0.0881. The molecule has 6 heterocycles. The number of methoxy groups -OCH3 is 1. The average molecular weight is 371 g/mol. The maximum Gasteiger partial charge on any atom is 0.415 e. The van der Waals surface area contributed by atoms with E-state index in [0.717, 1.165) is 53.7 Å². The van der Waals surface area contributed by atoms with Gasteiger partial charge in [0.05, 0.1) is 19.9 Å². The van der Waals surface area contributed by atoms with Crippen molar-refractivity contribution < 1.29 is 14.3 Å². The Morgan fingerprint density at radius 1 is 1.27 bits per heavy atom. The van der Waals surface area contributed by atoms with Crippen LogP contribution >= 0.6 is 11.3 Å². The van der Waals surface area contributed by atoms with Crippen LogP contribution in [0.2, 0.25) is 0 Å². The topological polar surface area (TPSA) is 54.9 Å². The van der Waals surface area contributed by atoms with Crippen LogP contribution in [0.15, 0.2) is 30.6 Å².